The Morgan fingerprint density at radius 1 is 1.60 bits per heavy atom. The van der Waals surface area contributed by atoms with Crippen LogP contribution in [-0.2, 0) is 11.3 Å². The van der Waals surface area contributed by atoms with Crippen LogP contribution in [0.2, 0.25) is 0 Å². The van der Waals surface area contributed by atoms with Crippen molar-refractivity contribution in [1.82, 2.24) is 9.88 Å². The number of pyridine rings is 1. The summed E-state index contributed by atoms with van der Waals surface area (Å²) in [5.41, 5.74) is 0.861. The van der Waals surface area contributed by atoms with Gasteiger partial charge in [-0.05, 0) is 25.3 Å². The van der Waals surface area contributed by atoms with Crippen molar-refractivity contribution in [3.05, 3.63) is 23.9 Å². The molecule has 3 heterocycles. The van der Waals surface area contributed by atoms with Gasteiger partial charge in [-0.3, -0.25) is 4.90 Å². The predicted molar refractivity (Wildman–Crippen MR) is 77.6 cm³/mol. The highest BCUT2D eigenvalue weighted by Crippen LogP contribution is 2.35. The molecule has 20 heavy (non-hydrogen) atoms. The first-order valence-corrected chi connectivity index (χ1v) is 7.39. The Morgan fingerprint density at radius 3 is 3.25 bits per heavy atom. The van der Waals surface area contributed by atoms with Gasteiger partial charge in [-0.25, -0.2) is 4.98 Å². The summed E-state index contributed by atoms with van der Waals surface area (Å²) in [7, 11) is 1.90. The van der Waals surface area contributed by atoms with Gasteiger partial charge in [-0.2, -0.15) is 0 Å². The fourth-order valence-electron chi connectivity index (χ4n) is 3.40. The lowest BCUT2D eigenvalue weighted by molar-refractivity contribution is -0.132. The number of piperidine rings is 1. The molecule has 5 nitrogen and oxygen atoms in total. The fraction of sp³-hybridized carbons (Fsp3) is 0.667. The number of aromatic nitrogens is 1. The fourth-order valence-corrected chi connectivity index (χ4v) is 3.40. The number of hydrogen-bond donors (Lipinski definition) is 2. The topological polar surface area (TPSA) is 57.6 Å². The van der Waals surface area contributed by atoms with Crippen molar-refractivity contribution >= 4 is 5.82 Å². The predicted octanol–water partition coefficient (Wildman–Crippen LogP) is 1.24. The maximum absolute atomic E-state index is 10.3. The van der Waals surface area contributed by atoms with Crippen molar-refractivity contribution in [2.24, 2.45) is 0 Å². The van der Waals surface area contributed by atoms with Crippen LogP contribution in [0.3, 0.4) is 0 Å². The summed E-state index contributed by atoms with van der Waals surface area (Å²) in [5, 5.41) is 13.4. The Kier molecular flexibility index (Phi) is 3.92. The molecule has 0 aliphatic carbocycles. The lowest BCUT2D eigenvalue weighted by Crippen LogP contribution is -2.56. The van der Waals surface area contributed by atoms with E-state index in [0.717, 1.165) is 51.3 Å². The van der Waals surface area contributed by atoms with Gasteiger partial charge < -0.3 is 15.2 Å². The largest absolute Gasteiger partial charge is 0.390 e. The summed E-state index contributed by atoms with van der Waals surface area (Å²) in [6.45, 7) is 3.35. The smallest absolute Gasteiger partial charge is 0.130 e. The highest BCUT2D eigenvalue weighted by molar-refractivity contribution is 5.42. The zero-order valence-electron chi connectivity index (χ0n) is 12.0. The van der Waals surface area contributed by atoms with Crippen LogP contribution in [0.15, 0.2) is 18.3 Å². The van der Waals surface area contributed by atoms with Crippen LogP contribution in [0.25, 0.3) is 0 Å². The number of likely N-dealkylation sites (tertiary alicyclic amines) is 1. The van der Waals surface area contributed by atoms with E-state index in [1.807, 2.05) is 13.1 Å². The van der Waals surface area contributed by atoms with Gasteiger partial charge in [-0.15, -0.1) is 0 Å². The normalized spacial score (nSPS) is 30.8. The van der Waals surface area contributed by atoms with Gasteiger partial charge in [0.1, 0.15) is 11.4 Å². The highest BCUT2D eigenvalue weighted by atomic mass is 16.5. The van der Waals surface area contributed by atoms with Crippen molar-refractivity contribution in [2.45, 2.75) is 37.5 Å². The Bertz CT molecular complexity index is 460. The molecule has 0 radical (unpaired) electrons. The minimum atomic E-state index is -0.333. The Labute approximate surface area is 120 Å². The SMILES string of the molecule is CNc1ncccc1CN1CC[C@H](O)[C@]2(CCCO2)C1. The summed E-state index contributed by atoms with van der Waals surface area (Å²) < 4.78 is 5.90. The molecule has 110 valence electrons. The number of hydrogen-bond acceptors (Lipinski definition) is 5. The number of aliphatic hydroxyl groups excluding tert-OH is 1. The summed E-state index contributed by atoms with van der Waals surface area (Å²) in [6, 6.07) is 4.07. The molecule has 0 aromatic carbocycles. The van der Waals surface area contributed by atoms with Crippen molar-refractivity contribution in [2.75, 3.05) is 32.1 Å². The highest BCUT2D eigenvalue weighted by Gasteiger charge is 2.46. The third-order valence-electron chi connectivity index (χ3n) is 4.47. The molecule has 1 aromatic rings. The number of aliphatic hydroxyl groups is 1. The molecular formula is C15H23N3O2. The lowest BCUT2D eigenvalue weighted by Gasteiger charge is -2.43. The zero-order chi connectivity index (χ0) is 14.0. The monoisotopic (exact) mass is 277 g/mol. The Balaban J connectivity index is 1.72. The second kappa shape index (κ2) is 5.68. The summed E-state index contributed by atoms with van der Waals surface area (Å²) in [6.07, 6.45) is 4.29. The van der Waals surface area contributed by atoms with E-state index in [1.165, 1.54) is 5.56 Å². The second-order valence-corrected chi connectivity index (χ2v) is 5.79. The van der Waals surface area contributed by atoms with Crippen molar-refractivity contribution in [3.8, 4) is 0 Å². The molecule has 0 unspecified atom stereocenters. The second-order valence-electron chi connectivity index (χ2n) is 5.79. The van der Waals surface area contributed by atoms with Gasteiger partial charge in [0.05, 0.1) is 6.10 Å². The molecule has 2 aliphatic heterocycles. The van der Waals surface area contributed by atoms with Gasteiger partial charge in [0.15, 0.2) is 0 Å². The van der Waals surface area contributed by atoms with Gasteiger partial charge in [-0.1, -0.05) is 6.07 Å². The lowest BCUT2D eigenvalue weighted by atomic mass is 9.87. The van der Waals surface area contributed by atoms with E-state index >= 15 is 0 Å². The van der Waals surface area contributed by atoms with E-state index in [9.17, 15) is 5.11 Å². The molecule has 0 saturated carbocycles. The molecule has 5 heteroatoms. The first-order chi connectivity index (χ1) is 9.73. The first kappa shape index (κ1) is 13.8. The van der Waals surface area contributed by atoms with E-state index < -0.39 is 0 Å². The van der Waals surface area contributed by atoms with Crippen molar-refractivity contribution in [3.63, 3.8) is 0 Å². The minimum absolute atomic E-state index is 0.320. The standard InChI is InChI=1S/C15H23N3O2/c1-16-14-12(4-2-7-17-14)10-18-8-5-13(19)15(11-18)6-3-9-20-15/h2,4,7,13,19H,3,5-6,8-11H2,1H3,(H,16,17)/t13-,15-/m0/s1. The maximum atomic E-state index is 10.3. The van der Waals surface area contributed by atoms with Gasteiger partial charge in [0.2, 0.25) is 0 Å². The van der Waals surface area contributed by atoms with Crippen molar-refractivity contribution in [1.29, 1.82) is 0 Å². The molecule has 2 N–H and O–H groups in total. The van der Waals surface area contributed by atoms with E-state index in [1.54, 1.807) is 6.20 Å². The number of ether oxygens (including phenoxy) is 1. The van der Waals surface area contributed by atoms with Crippen LogP contribution >= 0.6 is 0 Å². The van der Waals surface area contributed by atoms with Gasteiger partial charge in [0.25, 0.3) is 0 Å². The molecule has 3 rings (SSSR count). The number of nitrogens with one attached hydrogen (secondary N) is 1. The first-order valence-electron chi connectivity index (χ1n) is 7.39. The van der Waals surface area contributed by atoms with Crippen LogP contribution in [-0.4, -0.2) is 53.4 Å². The molecule has 1 spiro atoms. The van der Waals surface area contributed by atoms with E-state index in [0.29, 0.717) is 0 Å². The molecule has 2 aliphatic rings. The quantitative estimate of drug-likeness (QED) is 0.870. The van der Waals surface area contributed by atoms with Crippen LogP contribution in [0.4, 0.5) is 5.82 Å². The Morgan fingerprint density at radius 2 is 2.50 bits per heavy atom. The molecule has 0 bridgehead atoms. The molecular weight excluding hydrogens is 254 g/mol. The molecule has 2 fully saturated rings. The summed E-state index contributed by atoms with van der Waals surface area (Å²) in [5.74, 6) is 0.931. The third-order valence-corrected chi connectivity index (χ3v) is 4.47. The molecule has 2 atom stereocenters. The summed E-state index contributed by atoms with van der Waals surface area (Å²) >= 11 is 0. The number of nitrogens with zero attached hydrogens (tertiary/aromatic N) is 2. The molecule has 2 saturated heterocycles. The van der Waals surface area contributed by atoms with Crippen LogP contribution < -0.4 is 5.32 Å². The zero-order valence-corrected chi connectivity index (χ0v) is 12.0. The molecule has 1 aromatic heterocycles. The van der Waals surface area contributed by atoms with Crippen LogP contribution in [0.1, 0.15) is 24.8 Å². The maximum Gasteiger partial charge on any atom is 0.130 e. The molecule has 0 amide bonds. The van der Waals surface area contributed by atoms with E-state index in [-0.39, 0.29) is 11.7 Å². The third kappa shape index (κ3) is 2.53. The average Bonchev–Trinajstić information content (AvgIpc) is 2.93. The van der Waals surface area contributed by atoms with E-state index in [4.69, 9.17) is 4.74 Å². The van der Waals surface area contributed by atoms with Crippen LogP contribution in [0, 0.1) is 0 Å². The summed E-state index contributed by atoms with van der Waals surface area (Å²) in [4.78, 5) is 6.72. The van der Waals surface area contributed by atoms with Crippen LogP contribution in [0.5, 0.6) is 0 Å². The van der Waals surface area contributed by atoms with Crippen molar-refractivity contribution < 1.29 is 9.84 Å². The average molecular weight is 277 g/mol. The number of anilines is 1. The van der Waals surface area contributed by atoms with E-state index in [2.05, 4.69) is 21.3 Å². The number of rotatable bonds is 3. The minimum Gasteiger partial charge on any atom is -0.390 e. The van der Waals surface area contributed by atoms with Gasteiger partial charge >= 0.3 is 0 Å². The Hall–Kier alpha value is -1.17. The van der Waals surface area contributed by atoms with Gasteiger partial charge in [0, 0.05) is 45.0 Å².